The smallest absolute Gasteiger partial charge is 0.147 e. The summed E-state index contributed by atoms with van der Waals surface area (Å²) in [5, 5.41) is 0.0557. The maximum absolute atomic E-state index is 14.2. The lowest BCUT2D eigenvalue weighted by Gasteiger charge is -2.36. The van der Waals surface area contributed by atoms with Crippen LogP contribution in [0, 0.1) is 5.82 Å². The van der Waals surface area contributed by atoms with Crippen LogP contribution in [0.4, 0.5) is 4.39 Å². The predicted octanol–water partition coefficient (Wildman–Crippen LogP) is 4.45. The first-order valence-corrected chi connectivity index (χ1v) is 7.04. The van der Waals surface area contributed by atoms with Crippen LogP contribution in [0.3, 0.4) is 0 Å². The number of rotatable bonds is 5. The number of hydrogen-bond donors (Lipinski definition) is 1. The zero-order valence-electron chi connectivity index (χ0n) is 10.8. The Hall–Kier alpha value is -0.160. The predicted molar refractivity (Wildman–Crippen MR) is 76.4 cm³/mol. The SMILES string of the molecule is CCC(CC)(OC)C(N)c1ccc(Br)c(Cl)c1F. The molecule has 1 unspecified atom stereocenters. The topological polar surface area (TPSA) is 35.2 Å². The summed E-state index contributed by atoms with van der Waals surface area (Å²) in [4.78, 5) is 0. The van der Waals surface area contributed by atoms with Crippen molar-refractivity contribution >= 4 is 27.5 Å². The monoisotopic (exact) mass is 337 g/mol. The quantitative estimate of drug-likeness (QED) is 0.805. The van der Waals surface area contributed by atoms with E-state index in [2.05, 4.69) is 15.9 Å². The highest BCUT2D eigenvalue weighted by Crippen LogP contribution is 2.37. The van der Waals surface area contributed by atoms with Crippen LogP contribution in [0.25, 0.3) is 0 Å². The van der Waals surface area contributed by atoms with E-state index in [4.69, 9.17) is 22.1 Å². The Morgan fingerprint density at radius 3 is 2.44 bits per heavy atom. The van der Waals surface area contributed by atoms with Gasteiger partial charge in [-0.3, -0.25) is 0 Å². The van der Waals surface area contributed by atoms with E-state index in [1.165, 1.54) is 0 Å². The fourth-order valence-electron chi connectivity index (χ4n) is 2.17. The van der Waals surface area contributed by atoms with Crippen molar-refractivity contribution < 1.29 is 9.13 Å². The van der Waals surface area contributed by atoms with Gasteiger partial charge in [0.05, 0.1) is 16.7 Å². The molecule has 2 N–H and O–H groups in total. The van der Waals surface area contributed by atoms with E-state index in [0.717, 1.165) is 0 Å². The van der Waals surface area contributed by atoms with Gasteiger partial charge in [0.2, 0.25) is 0 Å². The summed E-state index contributed by atoms with van der Waals surface area (Å²) in [6.07, 6.45) is 1.41. The van der Waals surface area contributed by atoms with Gasteiger partial charge < -0.3 is 10.5 Å². The van der Waals surface area contributed by atoms with E-state index in [-0.39, 0.29) is 5.02 Å². The third-order valence-electron chi connectivity index (χ3n) is 3.57. The molecule has 0 aliphatic heterocycles. The maximum Gasteiger partial charge on any atom is 0.147 e. The molecule has 5 heteroatoms. The fraction of sp³-hybridized carbons (Fsp3) is 0.538. The zero-order chi connectivity index (χ0) is 13.9. The van der Waals surface area contributed by atoms with Gasteiger partial charge in [0.15, 0.2) is 0 Å². The Morgan fingerprint density at radius 2 is 2.00 bits per heavy atom. The molecule has 0 heterocycles. The number of ether oxygens (including phenoxy) is 1. The van der Waals surface area contributed by atoms with Crippen LogP contribution in [-0.4, -0.2) is 12.7 Å². The van der Waals surface area contributed by atoms with Crippen molar-refractivity contribution in [2.75, 3.05) is 7.11 Å². The van der Waals surface area contributed by atoms with Crippen molar-refractivity contribution in [1.82, 2.24) is 0 Å². The van der Waals surface area contributed by atoms with E-state index in [9.17, 15) is 4.39 Å². The first-order valence-electron chi connectivity index (χ1n) is 5.87. The van der Waals surface area contributed by atoms with E-state index in [1.54, 1.807) is 19.2 Å². The van der Waals surface area contributed by atoms with Crippen molar-refractivity contribution in [3.05, 3.63) is 33.0 Å². The zero-order valence-corrected chi connectivity index (χ0v) is 13.1. The molecule has 0 aromatic heterocycles. The first-order chi connectivity index (χ1) is 8.43. The second kappa shape index (κ2) is 6.33. The van der Waals surface area contributed by atoms with Gasteiger partial charge in [-0.1, -0.05) is 31.5 Å². The maximum atomic E-state index is 14.2. The molecule has 1 aromatic carbocycles. The number of halogens is 3. The van der Waals surface area contributed by atoms with E-state index < -0.39 is 17.5 Å². The lowest BCUT2D eigenvalue weighted by Crippen LogP contribution is -2.42. The summed E-state index contributed by atoms with van der Waals surface area (Å²) in [5.41, 5.74) is 6.00. The van der Waals surface area contributed by atoms with Gasteiger partial charge in [-0.05, 0) is 34.8 Å². The van der Waals surface area contributed by atoms with Crippen molar-refractivity contribution in [2.45, 2.75) is 38.3 Å². The molecule has 1 atom stereocenters. The first kappa shape index (κ1) is 15.9. The number of methoxy groups -OCH3 is 1. The Bertz CT molecular complexity index is 415. The van der Waals surface area contributed by atoms with Crippen molar-refractivity contribution in [3.8, 4) is 0 Å². The summed E-state index contributed by atoms with van der Waals surface area (Å²) >= 11 is 9.08. The van der Waals surface area contributed by atoms with Gasteiger partial charge >= 0.3 is 0 Å². The molecule has 0 amide bonds. The lowest BCUT2D eigenvalue weighted by atomic mass is 9.84. The van der Waals surface area contributed by atoms with Crippen molar-refractivity contribution in [1.29, 1.82) is 0 Å². The summed E-state index contributed by atoms with van der Waals surface area (Å²) in [7, 11) is 1.60. The normalized spacial score (nSPS) is 13.7. The number of hydrogen-bond acceptors (Lipinski definition) is 2. The van der Waals surface area contributed by atoms with Crippen LogP contribution in [0.15, 0.2) is 16.6 Å². The lowest BCUT2D eigenvalue weighted by molar-refractivity contribution is -0.0393. The van der Waals surface area contributed by atoms with Gasteiger partial charge in [-0.2, -0.15) is 0 Å². The molecule has 0 saturated carbocycles. The average Bonchev–Trinajstić information content (AvgIpc) is 2.39. The highest BCUT2D eigenvalue weighted by Gasteiger charge is 2.36. The highest BCUT2D eigenvalue weighted by atomic mass is 79.9. The summed E-state index contributed by atoms with van der Waals surface area (Å²) < 4.78 is 20.2. The molecular formula is C13H18BrClFNO. The number of benzene rings is 1. The molecule has 18 heavy (non-hydrogen) atoms. The third kappa shape index (κ3) is 2.72. The van der Waals surface area contributed by atoms with Crippen LogP contribution in [0.5, 0.6) is 0 Å². The van der Waals surface area contributed by atoms with E-state index in [1.807, 2.05) is 13.8 Å². The Balaban J connectivity index is 3.25. The Morgan fingerprint density at radius 1 is 1.44 bits per heavy atom. The summed E-state index contributed by atoms with van der Waals surface area (Å²) in [5.74, 6) is -0.484. The van der Waals surface area contributed by atoms with Gasteiger partial charge in [0, 0.05) is 17.1 Å². The van der Waals surface area contributed by atoms with Gasteiger partial charge in [0.25, 0.3) is 0 Å². The van der Waals surface area contributed by atoms with Crippen molar-refractivity contribution in [2.24, 2.45) is 5.73 Å². The average molecular weight is 339 g/mol. The van der Waals surface area contributed by atoms with Gasteiger partial charge in [0.1, 0.15) is 5.82 Å². The molecule has 0 radical (unpaired) electrons. The van der Waals surface area contributed by atoms with Crippen molar-refractivity contribution in [3.63, 3.8) is 0 Å². The molecule has 0 aliphatic rings. The Kier molecular flexibility index (Phi) is 5.59. The van der Waals surface area contributed by atoms with Crippen LogP contribution in [0.1, 0.15) is 38.3 Å². The molecule has 102 valence electrons. The fourth-order valence-corrected chi connectivity index (χ4v) is 2.65. The minimum atomic E-state index is -0.571. The molecule has 0 aliphatic carbocycles. The standard InChI is InChI=1S/C13H18BrClFNO/c1-4-13(5-2,18-3)12(17)8-6-7-9(14)10(15)11(8)16/h6-7,12H,4-5,17H2,1-3H3. The van der Waals surface area contributed by atoms with Gasteiger partial charge in [-0.15, -0.1) is 0 Å². The molecule has 1 aromatic rings. The molecule has 0 saturated heterocycles. The minimum absolute atomic E-state index is 0.0557. The highest BCUT2D eigenvalue weighted by molar-refractivity contribution is 9.10. The molecule has 0 bridgehead atoms. The minimum Gasteiger partial charge on any atom is -0.376 e. The van der Waals surface area contributed by atoms with Crippen LogP contribution in [0.2, 0.25) is 5.02 Å². The van der Waals surface area contributed by atoms with E-state index >= 15 is 0 Å². The second-order valence-electron chi connectivity index (χ2n) is 4.22. The van der Waals surface area contributed by atoms with E-state index in [0.29, 0.717) is 22.9 Å². The van der Waals surface area contributed by atoms with Gasteiger partial charge in [-0.25, -0.2) is 4.39 Å². The molecule has 0 spiro atoms. The number of nitrogens with two attached hydrogens (primary N) is 1. The largest absolute Gasteiger partial charge is 0.376 e. The molecule has 2 nitrogen and oxygen atoms in total. The third-order valence-corrected chi connectivity index (χ3v) is 4.83. The second-order valence-corrected chi connectivity index (χ2v) is 5.45. The summed E-state index contributed by atoms with van der Waals surface area (Å²) in [6, 6.07) is 2.80. The van der Waals surface area contributed by atoms with Crippen LogP contribution < -0.4 is 5.73 Å². The summed E-state index contributed by atoms with van der Waals surface area (Å²) in [6.45, 7) is 3.95. The van der Waals surface area contributed by atoms with Crippen LogP contribution in [-0.2, 0) is 4.74 Å². The molecule has 1 rings (SSSR count). The van der Waals surface area contributed by atoms with Crippen LogP contribution >= 0.6 is 27.5 Å². The molecular weight excluding hydrogens is 321 g/mol. The molecule has 0 fully saturated rings. The Labute approximate surface area is 121 Å².